The lowest BCUT2D eigenvalue weighted by Gasteiger charge is -2.37. The Hall–Kier alpha value is -0.280. The Labute approximate surface area is 97.8 Å². The van der Waals surface area contributed by atoms with Crippen molar-refractivity contribution in [2.75, 3.05) is 13.1 Å². The molecule has 2 fully saturated rings. The summed E-state index contributed by atoms with van der Waals surface area (Å²) < 4.78 is 0. The standard InChI is InChI=1S/C11H20N2O.ClH/c1-10(3-4-10)9(14)13-7-5-11(2,12)6-8-13;/h3-8,12H2,1-2H3;1H. The fourth-order valence-electron chi connectivity index (χ4n) is 2.00. The van der Waals surface area contributed by atoms with E-state index in [1.165, 1.54) is 0 Å². The molecule has 0 unspecified atom stereocenters. The SMILES string of the molecule is CC1(N)CCN(C(=O)C2(C)CC2)CC1.Cl. The van der Waals surface area contributed by atoms with E-state index < -0.39 is 0 Å². The summed E-state index contributed by atoms with van der Waals surface area (Å²) in [4.78, 5) is 14.0. The van der Waals surface area contributed by atoms with Gasteiger partial charge in [0.15, 0.2) is 0 Å². The zero-order valence-electron chi connectivity index (χ0n) is 9.58. The van der Waals surface area contributed by atoms with Crippen LogP contribution in [0.15, 0.2) is 0 Å². The van der Waals surface area contributed by atoms with Crippen LogP contribution in [0.4, 0.5) is 0 Å². The highest BCUT2D eigenvalue weighted by atomic mass is 35.5. The fourth-order valence-corrected chi connectivity index (χ4v) is 2.00. The van der Waals surface area contributed by atoms with E-state index in [9.17, 15) is 4.79 Å². The largest absolute Gasteiger partial charge is 0.342 e. The van der Waals surface area contributed by atoms with Gasteiger partial charge in [0.1, 0.15) is 0 Å². The van der Waals surface area contributed by atoms with E-state index in [0.29, 0.717) is 5.91 Å². The van der Waals surface area contributed by atoms with Crippen LogP contribution in [0.3, 0.4) is 0 Å². The minimum atomic E-state index is -0.0543. The summed E-state index contributed by atoms with van der Waals surface area (Å²) in [5, 5.41) is 0. The van der Waals surface area contributed by atoms with Crippen molar-refractivity contribution in [3.8, 4) is 0 Å². The maximum Gasteiger partial charge on any atom is 0.228 e. The molecule has 0 radical (unpaired) electrons. The maximum atomic E-state index is 12.0. The zero-order valence-corrected chi connectivity index (χ0v) is 10.4. The minimum absolute atomic E-state index is 0. The highest BCUT2D eigenvalue weighted by molar-refractivity contribution is 5.85. The Kier molecular flexibility index (Phi) is 3.36. The molecule has 1 saturated carbocycles. The summed E-state index contributed by atoms with van der Waals surface area (Å²) in [6.45, 7) is 5.85. The summed E-state index contributed by atoms with van der Waals surface area (Å²) in [6.07, 6.45) is 4.02. The number of carbonyl (C=O) groups is 1. The molecule has 0 aromatic heterocycles. The lowest BCUT2D eigenvalue weighted by molar-refractivity contribution is -0.137. The van der Waals surface area contributed by atoms with Gasteiger partial charge in [0.05, 0.1) is 0 Å². The van der Waals surface area contributed by atoms with Crippen molar-refractivity contribution in [3.05, 3.63) is 0 Å². The van der Waals surface area contributed by atoms with E-state index in [4.69, 9.17) is 5.73 Å². The fraction of sp³-hybridized carbons (Fsp3) is 0.909. The molecule has 0 aromatic rings. The molecule has 1 aliphatic heterocycles. The molecule has 0 atom stereocenters. The summed E-state index contributed by atoms with van der Waals surface area (Å²) in [5.41, 5.74) is 5.96. The van der Waals surface area contributed by atoms with Crippen molar-refractivity contribution >= 4 is 18.3 Å². The number of likely N-dealkylation sites (tertiary alicyclic amines) is 1. The summed E-state index contributed by atoms with van der Waals surface area (Å²) >= 11 is 0. The van der Waals surface area contributed by atoms with E-state index >= 15 is 0 Å². The van der Waals surface area contributed by atoms with Gasteiger partial charge in [-0.25, -0.2) is 0 Å². The molecule has 0 bridgehead atoms. The van der Waals surface area contributed by atoms with E-state index in [2.05, 4.69) is 13.8 Å². The smallest absolute Gasteiger partial charge is 0.228 e. The molecular formula is C11H21ClN2O. The van der Waals surface area contributed by atoms with Crippen molar-refractivity contribution < 1.29 is 4.79 Å². The number of hydrogen-bond donors (Lipinski definition) is 1. The third-order valence-electron chi connectivity index (χ3n) is 3.71. The van der Waals surface area contributed by atoms with Gasteiger partial charge in [0, 0.05) is 24.0 Å². The topological polar surface area (TPSA) is 46.3 Å². The van der Waals surface area contributed by atoms with Crippen LogP contribution in [-0.4, -0.2) is 29.4 Å². The molecule has 2 rings (SSSR count). The molecule has 0 aromatic carbocycles. The molecule has 1 amide bonds. The minimum Gasteiger partial charge on any atom is -0.342 e. The van der Waals surface area contributed by atoms with Gasteiger partial charge >= 0.3 is 0 Å². The van der Waals surface area contributed by atoms with E-state index in [1.807, 2.05) is 4.90 Å². The predicted octanol–water partition coefficient (Wildman–Crippen LogP) is 1.55. The molecule has 1 heterocycles. The van der Waals surface area contributed by atoms with Gasteiger partial charge in [0.2, 0.25) is 5.91 Å². The second-order valence-electron chi connectivity index (χ2n) is 5.51. The first-order valence-electron chi connectivity index (χ1n) is 5.51. The highest BCUT2D eigenvalue weighted by Crippen LogP contribution is 2.46. The summed E-state index contributed by atoms with van der Waals surface area (Å²) in [5.74, 6) is 0.355. The molecule has 15 heavy (non-hydrogen) atoms. The van der Waals surface area contributed by atoms with Crippen LogP contribution in [0.25, 0.3) is 0 Å². The summed E-state index contributed by atoms with van der Waals surface area (Å²) in [6, 6.07) is 0. The van der Waals surface area contributed by atoms with Gasteiger partial charge in [-0.1, -0.05) is 6.92 Å². The van der Waals surface area contributed by atoms with Crippen LogP contribution >= 0.6 is 12.4 Å². The van der Waals surface area contributed by atoms with Crippen LogP contribution < -0.4 is 5.73 Å². The molecule has 1 aliphatic carbocycles. The first kappa shape index (κ1) is 12.8. The monoisotopic (exact) mass is 232 g/mol. The molecule has 88 valence electrons. The van der Waals surface area contributed by atoms with Crippen molar-refractivity contribution in [1.82, 2.24) is 4.90 Å². The maximum absolute atomic E-state index is 12.0. The molecule has 3 nitrogen and oxygen atoms in total. The Bertz CT molecular complexity index is 251. The highest BCUT2D eigenvalue weighted by Gasteiger charge is 2.47. The van der Waals surface area contributed by atoms with Crippen molar-refractivity contribution in [1.29, 1.82) is 0 Å². The average molecular weight is 233 g/mol. The number of carbonyl (C=O) groups excluding carboxylic acids is 1. The van der Waals surface area contributed by atoms with Gasteiger partial charge in [-0.05, 0) is 32.6 Å². The van der Waals surface area contributed by atoms with E-state index in [0.717, 1.165) is 38.8 Å². The van der Waals surface area contributed by atoms with Crippen LogP contribution in [0.5, 0.6) is 0 Å². The number of rotatable bonds is 1. The average Bonchev–Trinajstić information content (AvgIpc) is 2.84. The third kappa shape index (κ3) is 2.64. The lowest BCUT2D eigenvalue weighted by Crippen LogP contribution is -2.51. The molecule has 4 heteroatoms. The molecule has 2 N–H and O–H groups in total. The normalized spacial score (nSPS) is 26.7. The van der Waals surface area contributed by atoms with Crippen molar-refractivity contribution in [3.63, 3.8) is 0 Å². The Morgan fingerprint density at radius 3 is 2.00 bits per heavy atom. The quantitative estimate of drug-likeness (QED) is 0.746. The Morgan fingerprint density at radius 2 is 1.60 bits per heavy atom. The van der Waals surface area contributed by atoms with E-state index in [1.54, 1.807) is 0 Å². The number of piperidine rings is 1. The first-order valence-corrected chi connectivity index (χ1v) is 5.51. The van der Waals surface area contributed by atoms with Crippen molar-refractivity contribution in [2.24, 2.45) is 11.1 Å². The number of nitrogens with two attached hydrogens (primary N) is 1. The van der Waals surface area contributed by atoms with Crippen molar-refractivity contribution in [2.45, 2.75) is 45.1 Å². The molecule has 1 saturated heterocycles. The van der Waals surface area contributed by atoms with Crippen LogP contribution in [0, 0.1) is 5.41 Å². The third-order valence-corrected chi connectivity index (χ3v) is 3.71. The Balaban J connectivity index is 0.00000112. The van der Waals surface area contributed by atoms with Gasteiger partial charge < -0.3 is 10.6 Å². The van der Waals surface area contributed by atoms with Crippen LogP contribution in [-0.2, 0) is 4.79 Å². The lowest BCUT2D eigenvalue weighted by atomic mass is 9.90. The molecule has 2 aliphatic rings. The van der Waals surface area contributed by atoms with E-state index in [-0.39, 0.29) is 23.4 Å². The Morgan fingerprint density at radius 1 is 1.13 bits per heavy atom. The van der Waals surface area contributed by atoms with Crippen LogP contribution in [0.2, 0.25) is 0 Å². The second-order valence-corrected chi connectivity index (χ2v) is 5.51. The number of amides is 1. The first-order chi connectivity index (χ1) is 6.43. The predicted molar refractivity (Wildman–Crippen MR) is 63.0 cm³/mol. The van der Waals surface area contributed by atoms with Gasteiger partial charge in [-0.15, -0.1) is 12.4 Å². The zero-order chi connectivity index (χ0) is 10.4. The van der Waals surface area contributed by atoms with Gasteiger partial charge in [0.25, 0.3) is 0 Å². The molecule has 0 spiro atoms. The second kappa shape index (κ2) is 3.95. The summed E-state index contributed by atoms with van der Waals surface area (Å²) in [7, 11) is 0. The van der Waals surface area contributed by atoms with Gasteiger partial charge in [-0.3, -0.25) is 4.79 Å². The van der Waals surface area contributed by atoms with Crippen LogP contribution in [0.1, 0.15) is 39.5 Å². The number of halogens is 1. The number of hydrogen-bond acceptors (Lipinski definition) is 2. The number of nitrogens with zero attached hydrogens (tertiary/aromatic N) is 1. The molecular weight excluding hydrogens is 212 g/mol. The van der Waals surface area contributed by atoms with Gasteiger partial charge in [-0.2, -0.15) is 0 Å².